The third kappa shape index (κ3) is 4.13. The summed E-state index contributed by atoms with van der Waals surface area (Å²) in [5.41, 5.74) is 1.64. The van der Waals surface area contributed by atoms with Crippen LogP contribution in [0.3, 0.4) is 0 Å². The number of hydrogen-bond donors (Lipinski definition) is 2. The first kappa shape index (κ1) is 21.7. The Balaban J connectivity index is 0.00000225. The van der Waals surface area contributed by atoms with Gasteiger partial charge in [0.05, 0.1) is 13.2 Å². The lowest BCUT2D eigenvalue weighted by atomic mass is 9.54. The summed E-state index contributed by atoms with van der Waals surface area (Å²) in [5, 5.41) is 7.25. The van der Waals surface area contributed by atoms with E-state index in [2.05, 4.69) is 29.7 Å². The molecule has 0 amide bonds. The summed E-state index contributed by atoms with van der Waals surface area (Å²) >= 11 is 0. The number of halogens is 1. The van der Waals surface area contributed by atoms with E-state index in [1.54, 1.807) is 7.11 Å². The van der Waals surface area contributed by atoms with E-state index in [1.807, 2.05) is 12.1 Å². The first-order valence-electron chi connectivity index (χ1n) is 10.6. The third-order valence-electron chi connectivity index (χ3n) is 6.75. The van der Waals surface area contributed by atoms with Gasteiger partial charge in [0, 0.05) is 37.1 Å². The zero-order valence-corrected chi connectivity index (χ0v) is 19.4. The van der Waals surface area contributed by atoms with Crippen LogP contribution in [0.15, 0.2) is 29.3 Å². The van der Waals surface area contributed by atoms with Crippen LogP contribution in [0.25, 0.3) is 0 Å². The topological polar surface area (TPSA) is 54.9 Å². The molecule has 28 heavy (non-hydrogen) atoms. The standard InChI is InChI=1S/C22H33N3O2.HI/c1-3-23-21(24-14-10-16-6-8-17(26-2)9-7-16)25-19-18-11-15-27-20(18)22(19)12-4-5-13-22;/h6-9,18-20H,3-5,10-15H2,1-2H3,(H2,23,24,25);1H. The summed E-state index contributed by atoms with van der Waals surface area (Å²) in [6, 6.07) is 8.79. The van der Waals surface area contributed by atoms with Gasteiger partial charge in [-0.2, -0.15) is 0 Å². The van der Waals surface area contributed by atoms with Crippen molar-refractivity contribution in [3.8, 4) is 5.75 Å². The highest BCUT2D eigenvalue weighted by atomic mass is 127. The summed E-state index contributed by atoms with van der Waals surface area (Å²) < 4.78 is 11.3. The smallest absolute Gasteiger partial charge is 0.191 e. The maximum atomic E-state index is 6.11. The molecule has 1 heterocycles. The Morgan fingerprint density at radius 3 is 2.68 bits per heavy atom. The second kappa shape index (κ2) is 9.65. The number of rotatable bonds is 6. The molecule has 2 aliphatic carbocycles. The number of benzene rings is 1. The van der Waals surface area contributed by atoms with Crippen LogP contribution < -0.4 is 15.4 Å². The summed E-state index contributed by atoms with van der Waals surface area (Å²) in [4.78, 5) is 4.86. The molecule has 3 aliphatic rings. The van der Waals surface area contributed by atoms with Gasteiger partial charge in [0.1, 0.15) is 5.75 Å². The van der Waals surface area contributed by atoms with E-state index >= 15 is 0 Å². The molecule has 1 aliphatic heterocycles. The summed E-state index contributed by atoms with van der Waals surface area (Å²) in [6.07, 6.45) is 7.90. The monoisotopic (exact) mass is 499 g/mol. The van der Waals surface area contributed by atoms with Crippen LogP contribution in [0.5, 0.6) is 5.75 Å². The van der Waals surface area contributed by atoms with Crippen molar-refractivity contribution in [2.45, 2.75) is 57.6 Å². The van der Waals surface area contributed by atoms with Gasteiger partial charge in [-0.25, -0.2) is 0 Å². The highest BCUT2D eigenvalue weighted by Gasteiger charge is 2.65. The number of fused-ring (bicyclic) bond motifs is 2. The van der Waals surface area contributed by atoms with E-state index in [-0.39, 0.29) is 24.0 Å². The quantitative estimate of drug-likeness (QED) is 0.356. The molecular weight excluding hydrogens is 465 g/mol. The zero-order valence-electron chi connectivity index (χ0n) is 17.1. The van der Waals surface area contributed by atoms with Gasteiger partial charge in [0.15, 0.2) is 5.96 Å². The number of nitrogens with one attached hydrogen (secondary N) is 2. The highest BCUT2D eigenvalue weighted by molar-refractivity contribution is 14.0. The fourth-order valence-electron chi connectivity index (χ4n) is 5.46. The maximum absolute atomic E-state index is 6.11. The first-order valence-corrected chi connectivity index (χ1v) is 10.6. The van der Waals surface area contributed by atoms with E-state index in [4.69, 9.17) is 14.5 Å². The summed E-state index contributed by atoms with van der Waals surface area (Å²) in [6.45, 7) is 4.74. The molecule has 6 heteroatoms. The third-order valence-corrected chi connectivity index (χ3v) is 6.75. The molecule has 3 fully saturated rings. The number of guanidine groups is 1. The van der Waals surface area contributed by atoms with Crippen molar-refractivity contribution < 1.29 is 9.47 Å². The van der Waals surface area contributed by atoms with Crippen LogP contribution in [-0.4, -0.2) is 44.9 Å². The molecule has 1 saturated heterocycles. The largest absolute Gasteiger partial charge is 0.497 e. The van der Waals surface area contributed by atoms with E-state index in [1.165, 1.54) is 37.7 Å². The Bertz CT molecular complexity index is 658. The second-order valence-electron chi connectivity index (χ2n) is 8.16. The van der Waals surface area contributed by atoms with Crippen LogP contribution in [0.2, 0.25) is 0 Å². The van der Waals surface area contributed by atoms with Crippen molar-refractivity contribution in [1.29, 1.82) is 0 Å². The fourth-order valence-corrected chi connectivity index (χ4v) is 5.46. The number of hydrogen-bond acceptors (Lipinski definition) is 3. The lowest BCUT2D eigenvalue weighted by molar-refractivity contribution is -0.125. The number of nitrogens with zero attached hydrogens (tertiary/aromatic N) is 1. The van der Waals surface area contributed by atoms with Crippen molar-refractivity contribution >= 4 is 29.9 Å². The van der Waals surface area contributed by atoms with E-state index in [9.17, 15) is 0 Å². The molecule has 0 bridgehead atoms. The maximum Gasteiger partial charge on any atom is 0.191 e. The molecule has 3 unspecified atom stereocenters. The van der Waals surface area contributed by atoms with Gasteiger partial charge in [0.25, 0.3) is 0 Å². The molecule has 5 nitrogen and oxygen atoms in total. The lowest BCUT2D eigenvalue weighted by Crippen LogP contribution is -2.69. The molecule has 1 aromatic carbocycles. The number of aliphatic imine (C=N–C) groups is 1. The second-order valence-corrected chi connectivity index (χ2v) is 8.16. The minimum Gasteiger partial charge on any atom is -0.497 e. The number of ether oxygens (including phenoxy) is 2. The van der Waals surface area contributed by atoms with Gasteiger partial charge >= 0.3 is 0 Å². The van der Waals surface area contributed by atoms with Gasteiger partial charge in [-0.1, -0.05) is 25.0 Å². The Morgan fingerprint density at radius 2 is 2.00 bits per heavy atom. The van der Waals surface area contributed by atoms with Crippen LogP contribution in [0.1, 0.15) is 44.6 Å². The van der Waals surface area contributed by atoms with Crippen molar-refractivity contribution in [3.63, 3.8) is 0 Å². The van der Waals surface area contributed by atoms with Crippen molar-refractivity contribution in [2.75, 3.05) is 26.8 Å². The average Bonchev–Trinajstić information content (AvgIpc) is 3.35. The summed E-state index contributed by atoms with van der Waals surface area (Å²) in [5.74, 6) is 2.53. The van der Waals surface area contributed by atoms with E-state index < -0.39 is 0 Å². The molecule has 156 valence electrons. The minimum atomic E-state index is 0. The molecule has 2 N–H and O–H groups in total. The Labute approximate surface area is 186 Å². The van der Waals surface area contributed by atoms with Crippen LogP contribution in [0, 0.1) is 11.3 Å². The van der Waals surface area contributed by atoms with Crippen molar-refractivity contribution in [1.82, 2.24) is 10.6 Å². The SMILES string of the molecule is CCNC(=NCCc1ccc(OC)cc1)NC1C2CCOC2C12CCCC2.I. The predicted molar refractivity (Wildman–Crippen MR) is 124 cm³/mol. The van der Waals surface area contributed by atoms with Crippen LogP contribution >= 0.6 is 24.0 Å². The molecule has 0 aromatic heterocycles. The lowest BCUT2D eigenvalue weighted by Gasteiger charge is -2.57. The first-order chi connectivity index (χ1) is 13.3. The predicted octanol–water partition coefficient (Wildman–Crippen LogP) is 3.76. The minimum absolute atomic E-state index is 0. The Hall–Kier alpha value is -1.02. The molecule has 0 radical (unpaired) electrons. The van der Waals surface area contributed by atoms with Gasteiger partial charge < -0.3 is 20.1 Å². The molecule has 2 saturated carbocycles. The van der Waals surface area contributed by atoms with Crippen LogP contribution in [0.4, 0.5) is 0 Å². The summed E-state index contributed by atoms with van der Waals surface area (Å²) in [7, 11) is 1.70. The van der Waals surface area contributed by atoms with Gasteiger partial charge in [0.2, 0.25) is 0 Å². The molecular formula is C22H34IN3O2. The van der Waals surface area contributed by atoms with Gasteiger partial charge in [-0.3, -0.25) is 4.99 Å². The van der Waals surface area contributed by atoms with E-state index in [0.29, 0.717) is 23.5 Å². The van der Waals surface area contributed by atoms with Crippen molar-refractivity contribution in [2.24, 2.45) is 16.3 Å². The Morgan fingerprint density at radius 1 is 1.25 bits per heavy atom. The molecule has 4 rings (SSSR count). The fraction of sp³-hybridized carbons (Fsp3) is 0.682. The van der Waals surface area contributed by atoms with Crippen molar-refractivity contribution in [3.05, 3.63) is 29.8 Å². The van der Waals surface area contributed by atoms with Crippen LogP contribution in [-0.2, 0) is 11.2 Å². The molecule has 3 atom stereocenters. The van der Waals surface area contributed by atoms with Gasteiger partial charge in [-0.15, -0.1) is 24.0 Å². The van der Waals surface area contributed by atoms with E-state index in [0.717, 1.165) is 37.8 Å². The Kier molecular flexibility index (Phi) is 7.48. The average molecular weight is 499 g/mol. The molecule has 1 spiro atoms. The zero-order chi connectivity index (χ0) is 18.7. The van der Waals surface area contributed by atoms with Gasteiger partial charge in [-0.05, 0) is 50.3 Å². The molecule has 1 aromatic rings. The highest BCUT2D eigenvalue weighted by Crippen LogP contribution is 2.60. The number of methoxy groups -OCH3 is 1. The normalized spacial score (nSPS) is 27.6.